The molecule has 0 aromatic carbocycles. The summed E-state index contributed by atoms with van der Waals surface area (Å²) in [6.45, 7) is 10.4. The average Bonchev–Trinajstić information content (AvgIpc) is 2.90. The molecular formula is C33H60N2O6. The van der Waals surface area contributed by atoms with Crippen LogP contribution in [0.25, 0.3) is 0 Å². The molecule has 2 unspecified atom stereocenters. The highest BCUT2D eigenvalue weighted by Gasteiger charge is 2.46. The summed E-state index contributed by atoms with van der Waals surface area (Å²) in [6, 6.07) is -0.535. The van der Waals surface area contributed by atoms with Crippen molar-refractivity contribution in [2.24, 2.45) is 5.41 Å². The summed E-state index contributed by atoms with van der Waals surface area (Å²) in [6.07, 6.45) is 21.2. The molecule has 0 aliphatic carbocycles. The molecule has 41 heavy (non-hydrogen) atoms. The summed E-state index contributed by atoms with van der Waals surface area (Å²) in [7, 11) is 0. The first-order valence-electron chi connectivity index (χ1n) is 16.2. The lowest BCUT2D eigenvalue weighted by molar-refractivity contribution is -0.304. The van der Waals surface area contributed by atoms with E-state index in [1.807, 2.05) is 13.8 Å². The van der Waals surface area contributed by atoms with Gasteiger partial charge in [0.15, 0.2) is 5.79 Å². The van der Waals surface area contributed by atoms with E-state index >= 15 is 0 Å². The van der Waals surface area contributed by atoms with Gasteiger partial charge in [-0.2, -0.15) is 0 Å². The Hall–Kier alpha value is -1.93. The van der Waals surface area contributed by atoms with E-state index in [-0.39, 0.29) is 18.2 Å². The molecule has 8 nitrogen and oxygen atoms in total. The van der Waals surface area contributed by atoms with Crippen LogP contribution in [-0.2, 0) is 23.9 Å². The standard InChI is InChI=1S/C33H60N2O6/c1-6-7-8-9-10-11-12-13-14-15-16-17-18-19-20-23-28(36)34-24-21-22-27(25-29(37)38)35-31(39)30-32(2,3)26-40-33(4,5)41-30/h13-14,27,30H,6-12,15-26H2,1-5H3,(H,34,36)(H,35,39)(H,37,38). The van der Waals surface area contributed by atoms with Crippen LogP contribution in [0.3, 0.4) is 0 Å². The van der Waals surface area contributed by atoms with Gasteiger partial charge in [-0.3, -0.25) is 14.4 Å². The van der Waals surface area contributed by atoms with Crippen molar-refractivity contribution in [1.82, 2.24) is 10.6 Å². The predicted octanol–water partition coefficient (Wildman–Crippen LogP) is 7.06. The number of hydrogen-bond donors (Lipinski definition) is 3. The number of carbonyl (C=O) groups is 3. The number of unbranched alkanes of at least 4 members (excludes halogenated alkanes) is 11. The van der Waals surface area contributed by atoms with Gasteiger partial charge in [0, 0.05) is 24.4 Å². The van der Waals surface area contributed by atoms with E-state index in [9.17, 15) is 19.5 Å². The Labute approximate surface area is 249 Å². The molecule has 1 saturated heterocycles. The van der Waals surface area contributed by atoms with Crippen LogP contribution in [0, 0.1) is 5.41 Å². The van der Waals surface area contributed by atoms with Gasteiger partial charge in [-0.25, -0.2) is 0 Å². The third kappa shape index (κ3) is 18.3. The molecule has 1 aliphatic heterocycles. The molecule has 1 fully saturated rings. The van der Waals surface area contributed by atoms with Crippen LogP contribution >= 0.6 is 0 Å². The second-order valence-corrected chi connectivity index (χ2v) is 12.8. The predicted molar refractivity (Wildman–Crippen MR) is 165 cm³/mol. The highest BCUT2D eigenvalue weighted by Crippen LogP contribution is 2.35. The fraction of sp³-hybridized carbons (Fsp3) is 0.848. The van der Waals surface area contributed by atoms with E-state index in [1.165, 1.54) is 57.8 Å². The van der Waals surface area contributed by atoms with Crippen LogP contribution in [0.15, 0.2) is 12.2 Å². The second-order valence-electron chi connectivity index (χ2n) is 12.8. The summed E-state index contributed by atoms with van der Waals surface area (Å²) in [5, 5.41) is 15.1. The van der Waals surface area contributed by atoms with Crippen LogP contribution in [0.1, 0.15) is 144 Å². The smallest absolute Gasteiger partial charge is 0.305 e. The average molecular weight is 581 g/mol. The molecule has 0 radical (unpaired) electrons. The molecule has 0 aromatic rings. The van der Waals surface area contributed by atoms with Gasteiger partial charge >= 0.3 is 5.97 Å². The van der Waals surface area contributed by atoms with Gasteiger partial charge in [-0.15, -0.1) is 0 Å². The molecule has 3 N–H and O–H groups in total. The molecule has 2 atom stereocenters. The first kappa shape index (κ1) is 37.1. The SMILES string of the molecule is CCCCCCCCC=CCCCCCCCC(=O)NCCCC(CC(=O)O)NC(=O)C1OC(C)(C)OCC1(C)C. The maximum atomic E-state index is 13.0. The Morgan fingerprint density at radius 1 is 0.878 bits per heavy atom. The van der Waals surface area contributed by atoms with E-state index in [2.05, 4.69) is 29.7 Å². The van der Waals surface area contributed by atoms with Gasteiger partial charge in [-0.05, 0) is 58.8 Å². The van der Waals surface area contributed by atoms with Crippen molar-refractivity contribution in [2.45, 2.75) is 162 Å². The van der Waals surface area contributed by atoms with E-state index in [4.69, 9.17) is 9.47 Å². The highest BCUT2D eigenvalue weighted by molar-refractivity contribution is 5.82. The monoisotopic (exact) mass is 580 g/mol. The summed E-state index contributed by atoms with van der Waals surface area (Å²) in [5.74, 6) is -2.16. The van der Waals surface area contributed by atoms with Gasteiger partial charge in [0.05, 0.1) is 13.0 Å². The topological polar surface area (TPSA) is 114 Å². The summed E-state index contributed by atoms with van der Waals surface area (Å²) >= 11 is 0. The van der Waals surface area contributed by atoms with Crippen molar-refractivity contribution in [1.29, 1.82) is 0 Å². The quantitative estimate of drug-likeness (QED) is 0.0881. The van der Waals surface area contributed by atoms with E-state index < -0.39 is 29.3 Å². The summed E-state index contributed by atoms with van der Waals surface area (Å²) in [4.78, 5) is 36.6. The molecular weight excluding hydrogens is 520 g/mol. The first-order chi connectivity index (χ1) is 19.5. The summed E-state index contributed by atoms with van der Waals surface area (Å²) < 4.78 is 11.6. The Kier molecular flexibility index (Phi) is 18.9. The molecule has 8 heteroatoms. The lowest BCUT2D eigenvalue weighted by Gasteiger charge is -2.45. The Morgan fingerprint density at radius 2 is 1.46 bits per heavy atom. The molecule has 2 amide bonds. The lowest BCUT2D eigenvalue weighted by Crippen LogP contribution is -2.57. The third-order valence-corrected chi connectivity index (χ3v) is 7.63. The Balaban J connectivity index is 2.15. The van der Waals surface area contributed by atoms with Crippen molar-refractivity contribution < 1.29 is 29.0 Å². The number of carbonyl (C=O) groups excluding carboxylic acids is 2. The number of rotatable bonds is 23. The number of nitrogens with one attached hydrogen (secondary N) is 2. The molecule has 1 rings (SSSR count). The van der Waals surface area contributed by atoms with Crippen molar-refractivity contribution in [3.05, 3.63) is 12.2 Å². The van der Waals surface area contributed by atoms with Gasteiger partial charge in [0.25, 0.3) is 0 Å². The van der Waals surface area contributed by atoms with Crippen molar-refractivity contribution in [2.75, 3.05) is 13.2 Å². The molecule has 1 aliphatic rings. The number of ether oxygens (including phenoxy) is 2. The summed E-state index contributed by atoms with van der Waals surface area (Å²) in [5.41, 5.74) is -0.536. The van der Waals surface area contributed by atoms with Gasteiger partial charge in [-0.1, -0.05) is 84.3 Å². The van der Waals surface area contributed by atoms with Crippen LogP contribution in [0.5, 0.6) is 0 Å². The van der Waals surface area contributed by atoms with Crippen molar-refractivity contribution in [3.63, 3.8) is 0 Å². The minimum atomic E-state index is -0.976. The largest absolute Gasteiger partial charge is 0.481 e. The maximum absolute atomic E-state index is 13.0. The molecule has 0 aromatic heterocycles. The highest BCUT2D eigenvalue weighted by atomic mass is 16.7. The lowest BCUT2D eigenvalue weighted by atomic mass is 9.85. The molecule has 0 spiro atoms. The minimum Gasteiger partial charge on any atom is -0.481 e. The fourth-order valence-corrected chi connectivity index (χ4v) is 5.06. The van der Waals surface area contributed by atoms with E-state index in [0.717, 1.165) is 25.7 Å². The third-order valence-electron chi connectivity index (χ3n) is 7.63. The number of hydrogen-bond acceptors (Lipinski definition) is 5. The minimum absolute atomic E-state index is 0.0287. The van der Waals surface area contributed by atoms with Crippen LogP contribution in [0.2, 0.25) is 0 Å². The Bertz CT molecular complexity index is 780. The first-order valence-corrected chi connectivity index (χ1v) is 16.2. The zero-order valence-corrected chi connectivity index (χ0v) is 26.7. The second kappa shape index (κ2) is 20.9. The van der Waals surface area contributed by atoms with Gasteiger partial charge in [0.1, 0.15) is 6.10 Å². The van der Waals surface area contributed by atoms with Crippen molar-refractivity contribution >= 4 is 17.8 Å². The number of carboxylic acid groups (broad SMARTS) is 1. The van der Waals surface area contributed by atoms with Crippen molar-refractivity contribution in [3.8, 4) is 0 Å². The maximum Gasteiger partial charge on any atom is 0.305 e. The normalized spacial score (nSPS) is 18.7. The van der Waals surface area contributed by atoms with Gasteiger partial charge < -0.3 is 25.2 Å². The fourth-order valence-electron chi connectivity index (χ4n) is 5.06. The number of allylic oxidation sites excluding steroid dienone is 2. The van der Waals surface area contributed by atoms with Crippen LogP contribution in [-0.4, -0.2) is 54.0 Å². The number of amides is 2. The molecule has 0 bridgehead atoms. The van der Waals surface area contributed by atoms with Crippen LogP contribution < -0.4 is 10.6 Å². The van der Waals surface area contributed by atoms with E-state index in [1.54, 1.807) is 13.8 Å². The number of aliphatic carboxylic acids is 1. The van der Waals surface area contributed by atoms with Gasteiger partial charge in [0.2, 0.25) is 11.8 Å². The van der Waals surface area contributed by atoms with Crippen LogP contribution in [0.4, 0.5) is 0 Å². The zero-order chi connectivity index (χ0) is 30.6. The molecule has 1 heterocycles. The number of carboxylic acids is 1. The Morgan fingerprint density at radius 3 is 2.07 bits per heavy atom. The zero-order valence-electron chi connectivity index (χ0n) is 26.7. The molecule has 0 saturated carbocycles. The van der Waals surface area contributed by atoms with E-state index in [0.29, 0.717) is 32.4 Å². The molecule has 238 valence electrons.